The highest BCUT2D eigenvalue weighted by atomic mass is 16.3. The Kier molecular flexibility index (Phi) is 9.17. The zero-order valence-electron chi connectivity index (χ0n) is 13.6. The van der Waals surface area contributed by atoms with Crippen LogP contribution in [0, 0.1) is 11.8 Å². The summed E-state index contributed by atoms with van der Waals surface area (Å²) in [6.07, 6.45) is 13.0. The topological polar surface area (TPSA) is 37.3 Å². The molecule has 1 aliphatic rings. The molecule has 1 N–H and O–H groups in total. The smallest absolute Gasteiger partial charge is 0.136 e. The van der Waals surface area contributed by atoms with E-state index in [1.807, 2.05) is 0 Å². The van der Waals surface area contributed by atoms with E-state index in [1.54, 1.807) is 0 Å². The first kappa shape index (κ1) is 17.7. The van der Waals surface area contributed by atoms with Crippen LogP contribution in [0.2, 0.25) is 0 Å². The highest BCUT2D eigenvalue weighted by Crippen LogP contribution is 2.36. The third-order valence-electron chi connectivity index (χ3n) is 4.87. The molecular formula is C18H34O2. The lowest BCUT2D eigenvalue weighted by atomic mass is 9.84. The number of hydrogen-bond acceptors (Lipinski definition) is 2. The number of Topliss-reactive ketones (excluding diaryl/α,β-unsaturated/α-hetero) is 1. The van der Waals surface area contributed by atoms with Crippen LogP contribution < -0.4 is 0 Å². The van der Waals surface area contributed by atoms with E-state index in [0.717, 1.165) is 32.1 Å². The van der Waals surface area contributed by atoms with Crippen molar-refractivity contribution in [2.75, 3.05) is 0 Å². The first-order valence-electron chi connectivity index (χ1n) is 8.91. The van der Waals surface area contributed by atoms with Gasteiger partial charge in [0.25, 0.3) is 0 Å². The molecule has 0 aromatic heterocycles. The van der Waals surface area contributed by atoms with Crippen molar-refractivity contribution in [3.63, 3.8) is 0 Å². The Hall–Kier alpha value is -0.370. The van der Waals surface area contributed by atoms with Crippen LogP contribution in [0.1, 0.15) is 90.9 Å². The van der Waals surface area contributed by atoms with Gasteiger partial charge < -0.3 is 5.11 Å². The maximum Gasteiger partial charge on any atom is 0.136 e. The summed E-state index contributed by atoms with van der Waals surface area (Å²) < 4.78 is 0. The quantitative estimate of drug-likeness (QED) is 0.548. The minimum absolute atomic E-state index is 0.159. The molecule has 2 heteroatoms. The van der Waals surface area contributed by atoms with E-state index >= 15 is 0 Å². The standard InChI is InChI=1S/C18H34O2/c1-3-5-7-8-10-12-17(19)16-13-14-18(20)15(16)11-9-6-4-2/h15-17,19H,3-14H2,1-2H3. The SMILES string of the molecule is CCCCCCCC(O)C1CCC(=O)C1CCCCC. The lowest BCUT2D eigenvalue weighted by molar-refractivity contribution is -0.122. The summed E-state index contributed by atoms with van der Waals surface area (Å²) in [6.45, 7) is 4.42. The number of ketones is 1. The second-order valence-electron chi connectivity index (χ2n) is 6.54. The monoisotopic (exact) mass is 282 g/mol. The van der Waals surface area contributed by atoms with Crippen molar-refractivity contribution in [3.05, 3.63) is 0 Å². The van der Waals surface area contributed by atoms with Gasteiger partial charge in [-0.25, -0.2) is 0 Å². The molecule has 0 heterocycles. The van der Waals surface area contributed by atoms with Crippen LogP contribution in [0.4, 0.5) is 0 Å². The van der Waals surface area contributed by atoms with Gasteiger partial charge in [-0.2, -0.15) is 0 Å². The first-order valence-corrected chi connectivity index (χ1v) is 8.91. The van der Waals surface area contributed by atoms with Crippen LogP contribution >= 0.6 is 0 Å². The Balaban J connectivity index is 2.29. The van der Waals surface area contributed by atoms with Crippen molar-refractivity contribution in [1.82, 2.24) is 0 Å². The highest BCUT2D eigenvalue weighted by Gasteiger charge is 2.37. The largest absolute Gasteiger partial charge is 0.393 e. The summed E-state index contributed by atoms with van der Waals surface area (Å²) in [6, 6.07) is 0. The van der Waals surface area contributed by atoms with E-state index in [9.17, 15) is 9.90 Å². The molecule has 0 amide bonds. The average molecular weight is 282 g/mol. The maximum atomic E-state index is 12.0. The molecule has 0 aliphatic heterocycles. The molecule has 0 bridgehead atoms. The molecule has 1 aliphatic carbocycles. The minimum atomic E-state index is -0.241. The number of aliphatic hydroxyl groups is 1. The summed E-state index contributed by atoms with van der Waals surface area (Å²) in [7, 11) is 0. The van der Waals surface area contributed by atoms with E-state index in [0.29, 0.717) is 12.2 Å². The molecule has 3 unspecified atom stereocenters. The number of carbonyl (C=O) groups is 1. The van der Waals surface area contributed by atoms with Gasteiger partial charge in [0.05, 0.1) is 6.10 Å². The van der Waals surface area contributed by atoms with Crippen LogP contribution in [-0.4, -0.2) is 17.0 Å². The highest BCUT2D eigenvalue weighted by molar-refractivity contribution is 5.83. The second-order valence-corrected chi connectivity index (χ2v) is 6.54. The van der Waals surface area contributed by atoms with Gasteiger partial charge in [0.2, 0.25) is 0 Å². The Morgan fingerprint density at radius 3 is 2.40 bits per heavy atom. The molecule has 2 nitrogen and oxygen atoms in total. The fourth-order valence-corrected chi connectivity index (χ4v) is 3.56. The van der Waals surface area contributed by atoms with Gasteiger partial charge in [-0.3, -0.25) is 4.79 Å². The lowest BCUT2D eigenvalue weighted by Gasteiger charge is -2.24. The molecule has 0 aromatic rings. The molecule has 0 spiro atoms. The summed E-state index contributed by atoms with van der Waals surface area (Å²) in [5, 5.41) is 10.4. The van der Waals surface area contributed by atoms with Crippen LogP contribution in [0.25, 0.3) is 0 Å². The van der Waals surface area contributed by atoms with Crippen molar-refractivity contribution < 1.29 is 9.90 Å². The van der Waals surface area contributed by atoms with Crippen LogP contribution in [0.5, 0.6) is 0 Å². The molecule has 3 atom stereocenters. The van der Waals surface area contributed by atoms with Crippen LogP contribution in [-0.2, 0) is 4.79 Å². The third kappa shape index (κ3) is 5.95. The van der Waals surface area contributed by atoms with E-state index in [4.69, 9.17) is 0 Å². The molecule has 0 aromatic carbocycles. The van der Waals surface area contributed by atoms with E-state index in [1.165, 1.54) is 38.5 Å². The predicted molar refractivity (Wildman–Crippen MR) is 84.7 cm³/mol. The molecule has 0 radical (unpaired) electrons. The average Bonchev–Trinajstić information content (AvgIpc) is 2.80. The van der Waals surface area contributed by atoms with E-state index in [2.05, 4.69) is 13.8 Å². The second kappa shape index (κ2) is 10.4. The molecule has 20 heavy (non-hydrogen) atoms. The number of aliphatic hydroxyl groups excluding tert-OH is 1. The predicted octanol–water partition coefficient (Wildman–Crippen LogP) is 4.88. The summed E-state index contributed by atoms with van der Waals surface area (Å²) in [5.74, 6) is 0.828. The van der Waals surface area contributed by atoms with Crippen molar-refractivity contribution in [2.45, 2.75) is 97.0 Å². The Morgan fingerprint density at radius 2 is 1.70 bits per heavy atom. The van der Waals surface area contributed by atoms with Crippen LogP contribution in [0.15, 0.2) is 0 Å². The van der Waals surface area contributed by atoms with Gasteiger partial charge in [-0.15, -0.1) is 0 Å². The maximum absolute atomic E-state index is 12.0. The number of carbonyl (C=O) groups excluding carboxylic acids is 1. The zero-order valence-corrected chi connectivity index (χ0v) is 13.6. The van der Waals surface area contributed by atoms with Gasteiger partial charge in [0, 0.05) is 12.3 Å². The number of rotatable bonds is 11. The molecule has 1 fully saturated rings. The minimum Gasteiger partial charge on any atom is -0.393 e. The summed E-state index contributed by atoms with van der Waals surface area (Å²) in [5.41, 5.74) is 0. The number of hydrogen-bond donors (Lipinski definition) is 1. The van der Waals surface area contributed by atoms with E-state index < -0.39 is 0 Å². The normalized spacial score (nSPS) is 24.2. The van der Waals surface area contributed by atoms with Gasteiger partial charge in [-0.1, -0.05) is 65.2 Å². The fourth-order valence-electron chi connectivity index (χ4n) is 3.56. The van der Waals surface area contributed by atoms with E-state index in [-0.39, 0.29) is 17.9 Å². The van der Waals surface area contributed by atoms with Gasteiger partial charge >= 0.3 is 0 Å². The molecule has 118 valence electrons. The first-order chi connectivity index (χ1) is 9.70. The Labute approximate surface area is 125 Å². The third-order valence-corrected chi connectivity index (χ3v) is 4.87. The van der Waals surface area contributed by atoms with Gasteiger partial charge in [0.15, 0.2) is 0 Å². The van der Waals surface area contributed by atoms with Crippen molar-refractivity contribution in [3.8, 4) is 0 Å². The number of unbranched alkanes of at least 4 members (excludes halogenated alkanes) is 6. The van der Waals surface area contributed by atoms with Crippen LogP contribution in [0.3, 0.4) is 0 Å². The van der Waals surface area contributed by atoms with Crippen molar-refractivity contribution in [1.29, 1.82) is 0 Å². The lowest BCUT2D eigenvalue weighted by Crippen LogP contribution is -2.26. The van der Waals surface area contributed by atoms with Crippen molar-refractivity contribution in [2.24, 2.45) is 11.8 Å². The van der Waals surface area contributed by atoms with Gasteiger partial charge in [0.1, 0.15) is 5.78 Å². The summed E-state index contributed by atoms with van der Waals surface area (Å²) in [4.78, 5) is 12.0. The molecule has 1 rings (SSSR count). The van der Waals surface area contributed by atoms with Crippen molar-refractivity contribution >= 4 is 5.78 Å². The zero-order chi connectivity index (χ0) is 14.8. The molecule has 0 saturated heterocycles. The van der Waals surface area contributed by atoms with Gasteiger partial charge in [-0.05, 0) is 25.2 Å². The Morgan fingerprint density at radius 1 is 1.05 bits per heavy atom. The molecule has 1 saturated carbocycles. The fraction of sp³-hybridized carbons (Fsp3) is 0.944. The summed E-state index contributed by atoms with van der Waals surface area (Å²) >= 11 is 0. The Bertz CT molecular complexity index is 262. The molecular weight excluding hydrogens is 248 g/mol.